The van der Waals surface area contributed by atoms with Crippen molar-refractivity contribution in [1.29, 1.82) is 0 Å². The predicted octanol–water partition coefficient (Wildman–Crippen LogP) is 1.99. The highest BCUT2D eigenvalue weighted by Crippen LogP contribution is 2.03. The van der Waals surface area contributed by atoms with Crippen molar-refractivity contribution in [2.45, 2.75) is 45.3 Å². The van der Waals surface area contributed by atoms with Crippen molar-refractivity contribution in [1.82, 2.24) is 5.32 Å². The van der Waals surface area contributed by atoms with E-state index in [1.54, 1.807) is 6.26 Å². The van der Waals surface area contributed by atoms with Crippen LogP contribution in [0.1, 0.15) is 32.4 Å². The van der Waals surface area contributed by atoms with Crippen molar-refractivity contribution in [2.75, 3.05) is 33.0 Å². The van der Waals surface area contributed by atoms with E-state index in [2.05, 4.69) is 19.2 Å². The topological polar surface area (TPSA) is 63.9 Å². The van der Waals surface area contributed by atoms with Crippen molar-refractivity contribution >= 4 is 0 Å². The second-order valence-electron chi connectivity index (χ2n) is 5.29. The first-order valence-corrected chi connectivity index (χ1v) is 7.81. The van der Waals surface area contributed by atoms with Crippen LogP contribution in [0, 0.1) is 0 Å². The molecule has 0 aliphatic carbocycles. The van der Waals surface area contributed by atoms with Gasteiger partial charge in [-0.15, -0.1) is 0 Å². The molecular formula is C16H29NO4. The maximum atomic E-state index is 9.81. The Morgan fingerprint density at radius 3 is 2.81 bits per heavy atom. The Morgan fingerprint density at radius 1 is 1.29 bits per heavy atom. The Morgan fingerprint density at radius 2 is 2.10 bits per heavy atom. The number of unbranched alkanes of at least 4 members (excludes halogenated alkanes) is 1. The normalized spacial score (nSPS) is 14.2. The molecule has 122 valence electrons. The van der Waals surface area contributed by atoms with E-state index in [0.29, 0.717) is 26.4 Å². The fraction of sp³-hybridized carbons (Fsp3) is 0.750. The van der Waals surface area contributed by atoms with E-state index in [-0.39, 0.29) is 6.04 Å². The molecule has 1 rings (SSSR count). The summed E-state index contributed by atoms with van der Waals surface area (Å²) in [5.41, 5.74) is 0. The molecular weight excluding hydrogens is 270 g/mol. The first-order valence-electron chi connectivity index (χ1n) is 7.81. The smallest absolute Gasteiger partial charge is 0.105 e. The summed E-state index contributed by atoms with van der Waals surface area (Å²) in [6.07, 6.45) is 4.21. The van der Waals surface area contributed by atoms with Crippen LogP contribution in [0.25, 0.3) is 0 Å². The molecule has 2 unspecified atom stereocenters. The average Bonchev–Trinajstić information content (AvgIpc) is 2.97. The van der Waals surface area contributed by atoms with Gasteiger partial charge in [-0.2, -0.15) is 0 Å². The minimum Gasteiger partial charge on any atom is -0.469 e. The third-order valence-corrected chi connectivity index (χ3v) is 3.11. The largest absolute Gasteiger partial charge is 0.469 e. The van der Waals surface area contributed by atoms with Gasteiger partial charge in [-0.1, -0.05) is 13.3 Å². The van der Waals surface area contributed by atoms with E-state index < -0.39 is 6.10 Å². The summed E-state index contributed by atoms with van der Waals surface area (Å²) in [6.45, 7) is 6.95. The molecule has 0 radical (unpaired) electrons. The van der Waals surface area contributed by atoms with Crippen molar-refractivity contribution in [2.24, 2.45) is 0 Å². The van der Waals surface area contributed by atoms with Crippen LogP contribution in [0.3, 0.4) is 0 Å². The molecule has 0 aliphatic rings. The summed E-state index contributed by atoms with van der Waals surface area (Å²) in [5, 5.41) is 13.1. The zero-order valence-electron chi connectivity index (χ0n) is 13.2. The molecule has 0 spiro atoms. The van der Waals surface area contributed by atoms with Gasteiger partial charge in [-0.05, 0) is 25.5 Å². The lowest BCUT2D eigenvalue weighted by Gasteiger charge is -2.16. The Hall–Kier alpha value is -0.880. The monoisotopic (exact) mass is 299 g/mol. The lowest BCUT2D eigenvalue weighted by Crippen LogP contribution is -2.37. The van der Waals surface area contributed by atoms with Gasteiger partial charge in [0.05, 0.1) is 32.2 Å². The number of ether oxygens (including phenoxy) is 2. The quantitative estimate of drug-likeness (QED) is 0.545. The van der Waals surface area contributed by atoms with E-state index in [0.717, 1.165) is 31.6 Å². The summed E-state index contributed by atoms with van der Waals surface area (Å²) < 4.78 is 16.1. The molecule has 5 nitrogen and oxygen atoms in total. The zero-order valence-corrected chi connectivity index (χ0v) is 13.2. The summed E-state index contributed by atoms with van der Waals surface area (Å²) in [5.74, 6) is 0.949. The molecule has 1 aromatic heterocycles. The minimum atomic E-state index is -0.500. The van der Waals surface area contributed by atoms with Crippen molar-refractivity contribution < 1.29 is 19.0 Å². The predicted molar refractivity (Wildman–Crippen MR) is 82.4 cm³/mol. The molecule has 0 aromatic carbocycles. The number of nitrogens with one attached hydrogen (secondary N) is 1. The Balaban J connectivity index is 1.94. The zero-order chi connectivity index (χ0) is 15.3. The highest BCUT2D eigenvalue weighted by molar-refractivity contribution is 4.99. The standard InChI is InChI=1S/C16H29NO4/c1-3-4-7-19-9-10-20-13-15(18)12-17-14(2)11-16-6-5-8-21-16/h5-6,8,14-15,17-18H,3-4,7,9-13H2,1-2H3. The van der Waals surface area contributed by atoms with Crippen LogP contribution in [0.2, 0.25) is 0 Å². The first-order chi connectivity index (χ1) is 10.2. The van der Waals surface area contributed by atoms with E-state index in [9.17, 15) is 5.11 Å². The molecule has 0 bridgehead atoms. The minimum absolute atomic E-state index is 0.253. The molecule has 1 aromatic rings. The van der Waals surface area contributed by atoms with Gasteiger partial charge in [0.15, 0.2) is 0 Å². The Bertz CT molecular complexity index is 329. The molecule has 0 saturated carbocycles. The van der Waals surface area contributed by atoms with Crippen LogP contribution >= 0.6 is 0 Å². The second kappa shape index (κ2) is 11.7. The van der Waals surface area contributed by atoms with Gasteiger partial charge in [0.25, 0.3) is 0 Å². The van der Waals surface area contributed by atoms with Crippen LogP contribution in [0.15, 0.2) is 22.8 Å². The highest BCUT2D eigenvalue weighted by atomic mass is 16.5. The van der Waals surface area contributed by atoms with Crippen LogP contribution < -0.4 is 5.32 Å². The van der Waals surface area contributed by atoms with Crippen molar-refractivity contribution in [3.05, 3.63) is 24.2 Å². The Labute approximate surface area is 127 Å². The molecule has 2 atom stereocenters. The van der Waals surface area contributed by atoms with E-state index in [4.69, 9.17) is 13.9 Å². The lowest BCUT2D eigenvalue weighted by atomic mass is 10.2. The fourth-order valence-electron chi connectivity index (χ4n) is 1.88. The third kappa shape index (κ3) is 9.63. The van der Waals surface area contributed by atoms with Crippen LogP contribution in [0.4, 0.5) is 0 Å². The maximum Gasteiger partial charge on any atom is 0.105 e. The number of rotatable bonds is 13. The van der Waals surface area contributed by atoms with Gasteiger partial charge in [-0.3, -0.25) is 0 Å². The number of aliphatic hydroxyl groups excluding tert-OH is 1. The summed E-state index contributed by atoms with van der Waals surface area (Å²) >= 11 is 0. The molecule has 1 heterocycles. The first kappa shape index (κ1) is 18.2. The van der Waals surface area contributed by atoms with Gasteiger partial charge < -0.3 is 24.3 Å². The number of aliphatic hydroxyl groups is 1. The average molecular weight is 299 g/mol. The molecule has 21 heavy (non-hydrogen) atoms. The number of furan rings is 1. The molecule has 0 saturated heterocycles. The third-order valence-electron chi connectivity index (χ3n) is 3.11. The highest BCUT2D eigenvalue weighted by Gasteiger charge is 2.09. The SMILES string of the molecule is CCCCOCCOCC(O)CNC(C)Cc1ccco1. The van der Waals surface area contributed by atoms with Gasteiger partial charge >= 0.3 is 0 Å². The molecule has 0 amide bonds. The summed E-state index contributed by atoms with van der Waals surface area (Å²) in [4.78, 5) is 0. The van der Waals surface area contributed by atoms with Crippen molar-refractivity contribution in [3.8, 4) is 0 Å². The van der Waals surface area contributed by atoms with Crippen LogP contribution in [-0.4, -0.2) is 50.2 Å². The number of hydrogen-bond acceptors (Lipinski definition) is 5. The summed E-state index contributed by atoms with van der Waals surface area (Å²) in [7, 11) is 0. The van der Waals surface area contributed by atoms with E-state index >= 15 is 0 Å². The van der Waals surface area contributed by atoms with Crippen LogP contribution in [-0.2, 0) is 15.9 Å². The van der Waals surface area contributed by atoms with E-state index in [1.165, 1.54) is 0 Å². The molecule has 0 fully saturated rings. The molecule has 2 N–H and O–H groups in total. The maximum absolute atomic E-state index is 9.81. The second-order valence-corrected chi connectivity index (χ2v) is 5.29. The van der Waals surface area contributed by atoms with Crippen LogP contribution in [0.5, 0.6) is 0 Å². The Kier molecular flexibility index (Phi) is 10.2. The molecule has 0 aliphatic heterocycles. The lowest BCUT2D eigenvalue weighted by molar-refractivity contribution is 0.00330. The van der Waals surface area contributed by atoms with Gasteiger partial charge in [0, 0.05) is 25.6 Å². The van der Waals surface area contributed by atoms with Crippen molar-refractivity contribution in [3.63, 3.8) is 0 Å². The fourth-order valence-corrected chi connectivity index (χ4v) is 1.88. The van der Waals surface area contributed by atoms with Gasteiger partial charge in [0.2, 0.25) is 0 Å². The molecule has 5 heteroatoms. The number of hydrogen-bond donors (Lipinski definition) is 2. The van der Waals surface area contributed by atoms with E-state index in [1.807, 2.05) is 12.1 Å². The van der Waals surface area contributed by atoms with Gasteiger partial charge in [-0.25, -0.2) is 0 Å². The summed E-state index contributed by atoms with van der Waals surface area (Å²) in [6, 6.07) is 4.09. The van der Waals surface area contributed by atoms with Gasteiger partial charge in [0.1, 0.15) is 5.76 Å².